The van der Waals surface area contributed by atoms with Gasteiger partial charge in [-0.05, 0) is 6.92 Å². The number of rotatable bonds is 2. The van der Waals surface area contributed by atoms with Crippen LogP contribution in [0.1, 0.15) is 22.3 Å². The first-order valence-corrected chi connectivity index (χ1v) is 5.29. The summed E-state index contributed by atoms with van der Waals surface area (Å²) in [6, 6.07) is 0. The van der Waals surface area contributed by atoms with Crippen molar-refractivity contribution < 1.29 is 22.8 Å². The zero-order chi connectivity index (χ0) is 13.4. The zero-order valence-electron chi connectivity index (χ0n) is 9.25. The summed E-state index contributed by atoms with van der Waals surface area (Å²) in [4.78, 5) is 26.5. The molecule has 1 heterocycles. The van der Waals surface area contributed by atoms with Crippen LogP contribution in [0.5, 0.6) is 0 Å². The Morgan fingerprint density at radius 1 is 1.35 bits per heavy atom. The number of anilines is 1. The van der Waals surface area contributed by atoms with Crippen molar-refractivity contribution in [1.29, 1.82) is 0 Å². The van der Waals surface area contributed by atoms with E-state index in [1.165, 1.54) is 13.8 Å². The summed E-state index contributed by atoms with van der Waals surface area (Å²) < 4.78 is 36.5. The second-order valence-electron chi connectivity index (χ2n) is 3.33. The number of amides is 1. The highest BCUT2D eigenvalue weighted by Gasteiger charge is 2.42. The van der Waals surface area contributed by atoms with E-state index in [0.29, 0.717) is 10.6 Å². The van der Waals surface area contributed by atoms with Crippen LogP contribution in [0.25, 0.3) is 0 Å². The Kier molecular flexibility index (Phi) is 3.56. The molecule has 0 aliphatic heterocycles. The monoisotopic (exact) mass is 266 g/mol. The van der Waals surface area contributed by atoms with Crippen molar-refractivity contribution in [2.75, 3.05) is 11.9 Å². The van der Waals surface area contributed by atoms with Gasteiger partial charge in [-0.2, -0.15) is 13.2 Å². The van der Waals surface area contributed by atoms with E-state index < -0.39 is 12.1 Å². The topological polar surface area (TPSA) is 50.3 Å². The van der Waals surface area contributed by atoms with E-state index >= 15 is 0 Å². The predicted molar refractivity (Wildman–Crippen MR) is 56.3 cm³/mol. The number of Topliss-reactive ketones (excluding diaryl/α,β-unsaturated/α-hetero) is 1. The molecule has 0 aliphatic carbocycles. The number of carbonyl (C=O) groups excluding carboxylic acids is 2. The van der Waals surface area contributed by atoms with Crippen molar-refractivity contribution in [3.05, 3.63) is 10.6 Å². The molecule has 0 atom stereocenters. The first kappa shape index (κ1) is 13.6. The smallest absolute Gasteiger partial charge is 0.294 e. The zero-order valence-corrected chi connectivity index (χ0v) is 10.1. The number of hydrogen-bond acceptors (Lipinski definition) is 4. The van der Waals surface area contributed by atoms with Gasteiger partial charge in [-0.25, -0.2) is 4.98 Å². The maximum atomic E-state index is 12.2. The lowest BCUT2D eigenvalue weighted by Gasteiger charge is -2.15. The summed E-state index contributed by atoms with van der Waals surface area (Å²) in [5.41, 5.74) is 0.319. The molecular formula is C9H9F3N2O2S. The number of ketones is 1. The molecule has 0 unspecified atom stereocenters. The lowest BCUT2D eigenvalue weighted by Crippen LogP contribution is -2.38. The van der Waals surface area contributed by atoms with Gasteiger partial charge in [-0.3, -0.25) is 14.5 Å². The van der Waals surface area contributed by atoms with Gasteiger partial charge in [0, 0.05) is 14.0 Å². The van der Waals surface area contributed by atoms with Crippen LogP contribution in [-0.4, -0.2) is 29.9 Å². The van der Waals surface area contributed by atoms with E-state index in [-0.39, 0.29) is 15.8 Å². The fourth-order valence-electron chi connectivity index (χ4n) is 1.13. The average Bonchev–Trinajstić information content (AvgIpc) is 2.56. The molecule has 0 aliphatic rings. The SMILES string of the molecule is CC(=O)c1sc(N(C)C(=O)C(F)(F)F)nc1C. The second kappa shape index (κ2) is 4.44. The van der Waals surface area contributed by atoms with Crippen LogP contribution in [0.2, 0.25) is 0 Å². The van der Waals surface area contributed by atoms with Gasteiger partial charge in [0.2, 0.25) is 0 Å². The molecule has 4 nitrogen and oxygen atoms in total. The number of thiazole rings is 1. The Hall–Kier alpha value is -1.44. The molecule has 0 aromatic carbocycles. The van der Waals surface area contributed by atoms with E-state index in [2.05, 4.69) is 4.98 Å². The quantitative estimate of drug-likeness (QED) is 0.771. The predicted octanol–water partition coefficient (Wildman–Crippen LogP) is 2.18. The van der Waals surface area contributed by atoms with E-state index in [1.54, 1.807) is 0 Å². The minimum atomic E-state index is -4.95. The van der Waals surface area contributed by atoms with Gasteiger partial charge in [-0.1, -0.05) is 11.3 Å². The largest absolute Gasteiger partial charge is 0.471 e. The van der Waals surface area contributed by atoms with Crippen LogP contribution in [-0.2, 0) is 4.79 Å². The highest BCUT2D eigenvalue weighted by Crippen LogP contribution is 2.28. The molecular weight excluding hydrogens is 257 g/mol. The van der Waals surface area contributed by atoms with Crippen LogP contribution >= 0.6 is 11.3 Å². The molecule has 1 amide bonds. The van der Waals surface area contributed by atoms with E-state index in [0.717, 1.165) is 18.4 Å². The average molecular weight is 266 g/mol. The molecule has 94 valence electrons. The molecule has 0 N–H and O–H groups in total. The fourth-order valence-corrected chi connectivity index (χ4v) is 2.05. The van der Waals surface area contributed by atoms with Crippen molar-refractivity contribution in [3.8, 4) is 0 Å². The van der Waals surface area contributed by atoms with Crippen molar-refractivity contribution in [2.24, 2.45) is 0 Å². The summed E-state index contributed by atoms with van der Waals surface area (Å²) in [6.45, 7) is 2.79. The third kappa shape index (κ3) is 2.82. The lowest BCUT2D eigenvalue weighted by molar-refractivity contribution is -0.170. The molecule has 0 spiro atoms. The molecule has 1 aromatic rings. The summed E-state index contributed by atoms with van der Waals surface area (Å²) in [5.74, 6) is -2.31. The van der Waals surface area contributed by atoms with Gasteiger partial charge in [0.05, 0.1) is 10.6 Å². The van der Waals surface area contributed by atoms with Crippen LogP contribution in [0, 0.1) is 6.92 Å². The van der Waals surface area contributed by atoms with Gasteiger partial charge < -0.3 is 0 Å². The molecule has 17 heavy (non-hydrogen) atoms. The highest BCUT2D eigenvalue weighted by molar-refractivity contribution is 7.17. The molecule has 1 aromatic heterocycles. The number of halogens is 3. The Labute approximate surface area is 99.1 Å². The van der Waals surface area contributed by atoms with E-state index in [9.17, 15) is 22.8 Å². The first-order valence-electron chi connectivity index (χ1n) is 4.48. The van der Waals surface area contributed by atoms with Crippen LogP contribution in [0.15, 0.2) is 0 Å². The van der Waals surface area contributed by atoms with Gasteiger partial charge in [-0.15, -0.1) is 0 Å². The second-order valence-corrected chi connectivity index (χ2v) is 4.31. The van der Waals surface area contributed by atoms with E-state index in [1.807, 2.05) is 0 Å². The van der Waals surface area contributed by atoms with Crippen LogP contribution < -0.4 is 4.90 Å². The van der Waals surface area contributed by atoms with Crippen LogP contribution in [0.3, 0.4) is 0 Å². The van der Waals surface area contributed by atoms with E-state index in [4.69, 9.17) is 0 Å². The Balaban J connectivity index is 3.06. The third-order valence-electron chi connectivity index (χ3n) is 1.94. The Morgan fingerprint density at radius 3 is 2.24 bits per heavy atom. The number of carbonyl (C=O) groups is 2. The molecule has 1 rings (SSSR count). The number of nitrogens with zero attached hydrogens (tertiary/aromatic N) is 2. The summed E-state index contributed by atoms with van der Waals surface area (Å²) in [7, 11) is 0.970. The Morgan fingerprint density at radius 2 is 1.88 bits per heavy atom. The Bertz CT molecular complexity index is 467. The normalized spacial score (nSPS) is 11.4. The molecule has 8 heteroatoms. The van der Waals surface area contributed by atoms with Gasteiger partial charge >= 0.3 is 12.1 Å². The van der Waals surface area contributed by atoms with Gasteiger partial charge in [0.25, 0.3) is 0 Å². The maximum absolute atomic E-state index is 12.2. The van der Waals surface area contributed by atoms with Crippen molar-refractivity contribution >= 4 is 28.2 Å². The van der Waals surface area contributed by atoms with Crippen LogP contribution in [0.4, 0.5) is 18.3 Å². The number of aryl methyl sites for hydroxylation is 1. The van der Waals surface area contributed by atoms with Crippen molar-refractivity contribution in [3.63, 3.8) is 0 Å². The standard InChI is InChI=1S/C9H9F3N2O2S/c1-4-6(5(2)15)17-8(13-4)14(3)7(16)9(10,11)12/h1-3H3. The lowest BCUT2D eigenvalue weighted by atomic mass is 10.3. The summed E-state index contributed by atoms with van der Waals surface area (Å²) in [6.07, 6.45) is -4.95. The van der Waals surface area contributed by atoms with Crippen molar-refractivity contribution in [2.45, 2.75) is 20.0 Å². The maximum Gasteiger partial charge on any atom is 0.471 e. The number of aromatic nitrogens is 1. The molecule has 0 fully saturated rings. The number of hydrogen-bond donors (Lipinski definition) is 0. The van der Waals surface area contributed by atoms with Crippen molar-refractivity contribution in [1.82, 2.24) is 4.98 Å². The molecule has 0 saturated carbocycles. The van der Waals surface area contributed by atoms with Gasteiger partial charge in [0.15, 0.2) is 10.9 Å². The fraction of sp³-hybridized carbons (Fsp3) is 0.444. The highest BCUT2D eigenvalue weighted by atomic mass is 32.1. The molecule has 0 bridgehead atoms. The number of alkyl halides is 3. The van der Waals surface area contributed by atoms with Gasteiger partial charge in [0.1, 0.15) is 0 Å². The minimum Gasteiger partial charge on any atom is -0.294 e. The first-order chi connectivity index (χ1) is 7.64. The summed E-state index contributed by atoms with van der Waals surface area (Å²) in [5, 5.41) is -0.143. The molecule has 0 saturated heterocycles. The summed E-state index contributed by atoms with van der Waals surface area (Å²) >= 11 is 0.765. The third-order valence-corrected chi connectivity index (χ3v) is 3.27. The minimum absolute atomic E-state index is 0.143. The molecule has 0 radical (unpaired) electrons.